The number of nitrogens with zero attached hydrogens (tertiary/aromatic N) is 1. The van der Waals surface area contributed by atoms with E-state index in [2.05, 4.69) is 5.87 Å². The van der Waals surface area contributed by atoms with E-state index in [1.54, 1.807) is 13.8 Å². The van der Waals surface area contributed by atoms with Gasteiger partial charge in [-0.3, -0.25) is 14.4 Å². The molecule has 2 aliphatic heterocycles. The molecule has 1 amide bonds. The summed E-state index contributed by atoms with van der Waals surface area (Å²) in [5, 5.41) is 16.4. The smallest absolute Gasteiger partial charge is 0.327 e. The minimum absolute atomic E-state index is 0.202. The minimum atomic E-state index is -1.01. The average molecular weight is 329 g/mol. The Kier molecular flexibility index (Phi) is 4.96. The molecule has 7 nitrogen and oxygen atoms in total. The summed E-state index contributed by atoms with van der Waals surface area (Å²) in [5.74, 6) is 1.61. The molecular formula is C14H19NO6S. The molecule has 1 unspecified atom stereocenters. The number of amides is 1. The maximum Gasteiger partial charge on any atom is 0.327 e. The van der Waals surface area contributed by atoms with Gasteiger partial charge < -0.3 is 15.1 Å². The Hall–Kier alpha value is -1.96. The zero-order valence-electron chi connectivity index (χ0n) is 12.8. The molecule has 0 aromatic rings. The molecule has 2 heterocycles. The number of ketones is 1. The summed E-state index contributed by atoms with van der Waals surface area (Å²) in [5.41, 5.74) is 0.401. The van der Waals surface area contributed by atoms with Crippen molar-refractivity contribution in [2.45, 2.75) is 43.9 Å². The van der Waals surface area contributed by atoms with Crippen molar-refractivity contribution in [1.29, 1.82) is 0 Å². The first-order valence-electron chi connectivity index (χ1n) is 6.43. The van der Waals surface area contributed by atoms with Gasteiger partial charge in [-0.2, -0.15) is 10.5 Å². The largest absolute Gasteiger partial charge is 0.481 e. The average Bonchev–Trinajstić information content (AvgIpc) is 2.52. The molecule has 2 N–H and O–H groups in total. The van der Waals surface area contributed by atoms with E-state index < -0.39 is 33.2 Å². The molecule has 2 rings (SSSR count). The Balaban J connectivity index is 0.000000541. The fraction of sp³-hybridized carbons (Fsp3) is 0.500. The third-order valence-electron chi connectivity index (χ3n) is 3.47. The van der Waals surface area contributed by atoms with Gasteiger partial charge >= 0.3 is 5.97 Å². The van der Waals surface area contributed by atoms with E-state index in [9.17, 15) is 19.5 Å². The number of β-lactam (4-membered cyclic amide) rings is 1. The van der Waals surface area contributed by atoms with Gasteiger partial charge in [-0.05, 0) is 26.8 Å². The number of hydrogen-bond acceptors (Lipinski definition) is 4. The van der Waals surface area contributed by atoms with E-state index in [1.165, 1.54) is 17.9 Å². The molecule has 0 saturated carbocycles. The highest BCUT2D eigenvalue weighted by Crippen LogP contribution is 2.56. The number of fused-ring (bicyclic) bond motifs is 1. The highest BCUT2D eigenvalue weighted by Gasteiger charge is 2.62. The Morgan fingerprint density at radius 1 is 1.27 bits per heavy atom. The van der Waals surface area contributed by atoms with Gasteiger partial charge in [0.1, 0.15) is 11.4 Å². The van der Waals surface area contributed by atoms with Gasteiger partial charge in [-0.15, -0.1) is 0 Å². The second-order valence-electron chi connectivity index (χ2n) is 5.57. The molecule has 22 heavy (non-hydrogen) atoms. The summed E-state index contributed by atoms with van der Waals surface area (Å²) < 4.78 is -0.585. The summed E-state index contributed by atoms with van der Waals surface area (Å²) in [4.78, 5) is 44.7. The molecular weight excluding hydrogens is 310 g/mol. The molecule has 2 saturated heterocycles. The third-order valence-corrected chi connectivity index (χ3v) is 6.07. The molecule has 0 spiro atoms. The highest BCUT2D eigenvalue weighted by molar-refractivity contribution is 8.16. The van der Waals surface area contributed by atoms with Crippen molar-refractivity contribution in [2.75, 3.05) is 0 Å². The van der Waals surface area contributed by atoms with Gasteiger partial charge in [0.15, 0.2) is 5.78 Å². The fourth-order valence-electron chi connectivity index (χ4n) is 2.52. The van der Waals surface area contributed by atoms with Gasteiger partial charge in [-0.1, -0.05) is 5.87 Å². The van der Waals surface area contributed by atoms with Crippen LogP contribution in [0.1, 0.15) is 27.7 Å². The molecule has 122 valence electrons. The summed E-state index contributed by atoms with van der Waals surface area (Å²) in [6.45, 7) is 6.07. The van der Waals surface area contributed by atoms with Crippen LogP contribution in [0.5, 0.6) is 0 Å². The van der Waals surface area contributed by atoms with Gasteiger partial charge in [0.2, 0.25) is 0 Å². The van der Waals surface area contributed by atoms with Gasteiger partial charge in [0.25, 0.3) is 11.9 Å². The minimum Gasteiger partial charge on any atom is -0.481 e. The van der Waals surface area contributed by atoms with E-state index in [4.69, 9.17) is 9.90 Å². The highest BCUT2D eigenvalue weighted by atomic mass is 32.2. The number of allylic oxidation sites excluding steroid dienone is 1. The molecule has 8 heteroatoms. The number of hydrogen-bond donors (Lipinski definition) is 2. The Labute approximate surface area is 130 Å². The van der Waals surface area contributed by atoms with E-state index in [1.807, 2.05) is 0 Å². The van der Waals surface area contributed by atoms with Crippen LogP contribution in [0.15, 0.2) is 11.6 Å². The van der Waals surface area contributed by atoms with Crippen LogP contribution in [0.3, 0.4) is 0 Å². The Bertz CT molecular complexity index is 602. The topological polar surface area (TPSA) is 112 Å². The van der Waals surface area contributed by atoms with Crippen LogP contribution in [0.4, 0.5) is 0 Å². The maximum atomic E-state index is 11.9. The van der Waals surface area contributed by atoms with Crippen molar-refractivity contribution in [1.82, 2.24) is 4.90 Å². The zero-order valence-corrected chi connectivity index (χ0v) is 13.6. The number of carboxylic acids is 2. The molecule has 0 aliphatic carbocycles. The van der Waals surface area contributed by atoms with Crippen molar-refractivity contribution in [3.63, 3.8) is 0 Å². The van der Waals surface area contributed by atoms with Crippen LogP contribution in [0, 0.1) is 0 Å². The van der Waals surface area contributed by atoms with Crippen LogP contribution in [-0.2, 0) is 19.2 Å². The van der Waals surface area contributed by atoms with Crippen molar-refractivity contribution < 1.29 is 29.4 Å². The predicted octanol–water partition coefficient (Wildman–Crippen LogP) is 0.707. The van der Waals surface area contributed by atoms with Crippen LogP contribution in [0.2, 0.25) is 0 Å². The van der Waals surface area contributed by atoms with Gasteiger partial charge in [0, 0.05) is 11.7 Å². The van der Waals surface area contributed by atoms with Gasteiger partial charge in [0.05, 0.1) is 5.57 Å². The van der Waals surface area contributed by atoms with E-state index >= 15 is 0 Å². The molecule has 2 aliphatic rings. The molecule has 0 radical (unpaired) electrons. The SMILES string of the molecule is C=S1[C@@H]2C(=CC(C)=O)C(=O)N2[C@@H](C(=O)O)C1(C)C.CC(=O)O. The van der Waals surface area contributed by atoms with Crippen LogP contribution in [-0.4, -0.2) is 60.8 Å². The lowest BCUT2D eigenvalue weighted by molar-refractivity contribution is -0.152. The van der Waals surface area contributed by atoms with Crippen LogP contribution >= 0.6 is 10.5 Å². The lowest BCUT2D eigenvalue weighted by Crippen LogP contribution is -2.58. The molecule has 0 aromatic carbocycles. The normalized spacial score (nSPS) is 30.0. The molecule has 2 fully saturated rings. The zero-order chi connectivity index (χ0) is 17.4. The van der Waals surface area contributed by atoms with E-state index in [0.29, 0.717) is 5.57 Å². The van der Waals surface area contributed by atoms with Crippen molar-refractivity contribution in [2.24, 2.45) is 0 Å². The van der Waals surface area contributed by atoms with Crippen LogP contribution < -0.4 is 0 Å². The van der Waals surface area contributed by atoms with Gasteiger partial charge in [-0.25, -0.2) is 4.79 Å². The first-order chi connectivity index (χ1) is 9.92. The Morgan fingerprint density at radius 3 is 2.09 bits per heavy atom. The lowest BCUT2D eigenvalue weighted by Gasteiger charge is -2.39. The first-order valence-corrected chi connectivity index (χ1v) is 7.88. The van der Waals surface area contributed by atoms with Crippen molar-refractivity contribution in [3.05, 3.63) is 11.6 Å². The molecule has 0 aromatic heterocycles. The Morgan fingerprint density at radius 2 is 1.73 bits per heavy atom. The second kappa shape index (κ2) is 6.04. The quantitative estimate of drug-likeness (QED) is 0.438. The first kappa shape index (κ1) is 18.1. The number of rotatable bonds is 2. The third kappa shape index (κ3) is 2.96. The lowest BCUT2D eigenvalue weighted by atomic mass is 9.95. The fourth-order valence-corrected chi connectivity index (χ4v) is 4.57. The second-order valence-corrected chi connectivity index (χ2v) is 7.92. The van der Waals surface area contributed by atoms with Crippen LogP contribution in [0.25, 0.3) is 0 Å². The van der Waals surface area contributed by atoms with E-state index in [-0.39, 0.29) is 17.1 Å². The summed E-state index contributed by atoms with van der Waals surface area (Å²) in [6.07, 6.45) is 1.30. The number of aliphatic carboxylic acids is 2. The monoisotopic (exact) mass is 329 g/mol. The number of carbonyl (C=O) groups excluding carboxylic acids is 2. The number of carbonyl (C=O) groups is 4. The predicted molar refractivity (Wildman–Crippen MR) is 82.9 cm³/mol. The molecule has 0 bridgehead atoms. The number of carboxylic acid groups (broad SMARTS) is 2. The molecule has 3 atom stereocenters. The van der Waals surface area contributed by atoms with Crippen molar-refractivity contribution >= 4 is 40.0 Å². The summed E-state index contributed by atoms with van der Waals surface area (Å²) >= 11 is 0. The van der Waals surface area contributed by atoms with Crippen molar-refractivity contribution in [3.8, 4) is 0 Å². The summed E-state index contributed by atoms with van der Waals surface area (Å²) in [6, 6.07) is -0.861. The maximum absolute atomic E-state index is 11.9. The van der Waals surface area contributed by atoms with E-state index in [0.717, 1.165) is 6.92 Å². The standard InChI is InChI=1S/C12H15NO4S.C2H4O2/c1-6(14)5-7-9(15)13-8(11(16)17)12(2,3)18(4)10(7)13;1-2(3)4/h5,8,10H,4H2,1-3H3,(H,16,17);1H3,(H,3,4)/t8-,10+,18?;/m0./s1. The summed E-state index contributed by atoms with van der Waals surface area (Å²) in [7, 11) is -0.535.